The van der Waals surface area contributed by atoms with Gasteiger partial charge in [0, 0.05) is 12.2 Å². The second-order valence-corrected chi connectivity index (χ2v) is 7.86. The van der Waals surface area contributed by atoms with Crippen molar-refractivity contribution in [2.24, 2.45) is 5.92 Å². The number of anilines is 1. The number of hydrogen-bond acceptors (Lipinski definition) is 6. The Morgan fingerprint density at radius 2 is 1.83 bits per heavy atom. The van der Waals surface area contributed by atoms with E-state index >= 15 is 0 Å². The monoisotopic (exact) mass is 409 g/mol. The smallest absolute Gasteiger partial charge is 0.426 e. The summed E-state index contributed by atoms with van der Waals surface area (Å²) in [5.41, 5.74) is 0.691. The number of amides is 2. The lowest BCUT2D eigenvalue weighted by Gasteiger charge is -2.42. The van der Waals surface area contributed by atoms with E-state index in [0.29, 0.717) is 25.1 Å². The van der Waals surface area contributed by atoms with Gasteiger partial charge in [-0.2, -0.15) is 0 Å². The van der Waals surface area contributed by atoms with E-state index in [0.717, 1.165) is 0 Å². The van der Waals surface area contributed by atoms with Gasteiger partial charge in [0.05, 0.1) is 12.0 Å². The first-order chi connectivity index (χ1) is 13.6. The second kappa shape index (κ2) is 10.0. The van der Waals surface area contributed by atoms with Crippen LogP contribution >= 0.6 is 0 Å². The van der Waals surface area contributed by atoms with E-state index in [2.05, 4.69) is 10.6 Å². The highest BCUT2D eigenvalue weighted by Gasteiger charge is 2.38. The summed E-state index contributed by atoms with van der Waals surface area (Å²) in [5, 5.41) is 34.0. The van der Waals surface area contributed by atoms with E-state index in [4.69, 9.17) is 0 Å². The van der Waals surface area contributed by atoms with Crippen LogP contribution in [-0.4, -0.2) is 64.8 Å². The van der Waals surface area contributed by atoms with Crippen molar-refractivity contribution in [2.75, 3.05) is 11.4 Å². The number of rotatable bonds is 9. The van der Waals surface area contributed by atoms with Gasteiger partial charge in [0.15, 0.2) is 0 Å². The number of nitrogens with zero attached hydrogens (tertiary/aromatic N) is 1. The van der Waals surface area contributed by atoms with Gasteiger partial charge in [-0.25, -0.2) is 4.39 Å². The third-order valence-corrected chi connectivity index (χ3v) is 4.96. The number of carbonyl (C=O) groups excluding carboxylic acids is 2. The minimum atomic E-state index is -1.76. The summed E-state index contributed by atoms with van der Waals surface area (Å²) >= 11 is 0. The van der Waals surface area contributed by atoms with E-state index < -0.39 is 43.1 Å². The lowest BCUT2D eigenvalue weighted by atomic mass is 9.75. The number of benzene rings is 1. The predicted molar refractivity (Wildman–Crippen MR) is 107 cm³/mol. The third-order valence-electron chi connectivity index (χ3n) is 4.96. The Labute approximate surface area is 170 Å². The number of aliphatic hydroxyl groups excluding tert-OH is 1. The number of halogens is 1. The molecule has 0 bridgehead atoms. The lowest BCUT2D eigenvalue weighted by molar-refractivity contribution is -0.133. The van der Waals surface area contributed by atoms with Crippen LogP contribution in [0.2, 0.25) is 0 Å². The molecule has 29 heavy (non-hydrogen) atoms. The summed E-state index contributed by atoms with van der Waals surface area (Å²) < 4.78 is 13.1. The maximum absolute atomic E-state index is 13.1. The largest absolute Gasteiger partial charge is 0.475 e. The van der Waals surface area contributed by atoms with Crippen LogP contribution in [0.5, 0.6) is 0 Å². The Balaban J connectivity index is 2.02. The standard InChI is InChI=1S/C19H29BFN3O5/c1-11(2)10-16(20(28)29)22-19(27)17(12(3)25)23-18(26)15-8-9-24(15)14-6-4-13(21)5-7-14/h4-7,11-12,15-17,25,28-29H,8-10H2,1-3H3,(H,22,27)(H,23,26)/t12?,15-,16-,17-/m0/s1. The molecular weight excluding hydrogens is 380 g/mol. The Morgan fingerprint density at radius 1 is 1.21 bits per heavy atom. The van der Waals surface area contributed by atoms with Gasteiger partial charge in [-0.1, -0.05) is 13.8 Å². The normalized spacial score (nSPS) is 19.2. The third kappa shape index (κ3) is 6.15. The van der Waals surface area contributed by atoms with Crippen molar-refractivity contribution >= 4 is 24.6 Å². The molecule has 1 heterocycles. The zero-order valence-electron chi connectivity index (χ0n) is 16.9. The molecule has 5 N–H and O–H groups in total. The molecule has 4 atom stereocenters. The number of nitrogens with one attached hydrogen (secondary N) is 2. The zero-order chi connectivity index (χ0) is 21.7. The predicted octanol–water partition coefficient (Wildman–Crippen LogP) is -0.187. The van der Waals surface area contributed by atoms with Crippen molar-refractivity contribution < 1.29 is 29.1 Å². The molecule has 0 saturated carbocycles. The quantitative estimate of drug-likeness (QED) is 0.361. The molecule has 2 rings (SSSR count). The van der Waals surface area contributed by atoms with Crippen LogP contribution < -0.4 is 15.5 Å². The molecule has 160 valence electrons. The van der Waals surface area contributed by atoms with Crippen LogP contribution in [0, 0.1) is 11.7 Å². The topological polar surface area (TPSA) is 122 Å². The molecule has 0 spiro atoms. The van der Waals surface area contributed by atoms with Crippen LogP contribution in [0.1, 0.15) is 33.6 Å². The van der Waals surface area contributed by atoms with Crippen LogP contribution in [0.15, 0.2) is 24.3 Å². The zero-order valence-corrected chi connectivity index (χ0v) is 16.9. The Morgan fingerprint density at radius 3 is 2.28 bits per heavy atom. The van der Waals surface area contributed by atoms with Gasteiger partial charge in [-0.15, -0.1) is 0 Å². The van der Waals surface area contributed by atoms with Crippen molar-refractivity contribution in [2.45, 2.75) is 57.7 Å². The Hall–Kier alpha value is -2.17. The van der Waals surface area contributed by atoms with Crippen molar-refractivity contribution in [3.63, 3.8) is 0 Å². The van der Waals surface area contributed by atoms with E-state index in [9.17, 15) is 29.1 Å². The first-order valence-electron chi connectivity index (χ1n) is 9.77. The molecule has 1 aliphatic rings. The second-order valence-electron chi connectivity index (χ2n) is 7.86. The molecule has 2 amide bonds. The molecular formula is C19H29BFN3O5. The molecule has 1 aromatic rings. The van der Waals surface area contributed by atoms with Gasteiger partial charge in [0.1, 0.15) is 17.9 Å². The summed E-state index contributed by atoms with van der Waals surface area (Å²) in [6, 6.07) is 3.99. The summed E-state index contributed by atoms with van der Waals surface area (Å²) in [4.78, 5) is 27.0. The summed E-state index contributed by atoms with van der Waals surface area (Å²) in [5.74, 6) is -2.32. The first-order valence-corrected chi connectivity index (χ1v) is 9.77. The van der Waals surface area contributed by atoms with Gasteiger partial charge in [-0.3, -0.25) is 9.59 Å². The highest BCUT2D eigenvalue weighted by Crippen LogP contribution is 2.26. The number of hydrogen-bond donors (Lipinski definition) is 5. The van der Waals surface area contributed by atoms with Crippen LogP contribution in [0.25, 0.3) is 0 Å². The SMILES string of the molecule is CC(C)C[C@H](NC(=O)[C@@H](NC(=O)[C@@H]1CCN1c1ccc(F)cc1)C(C)O)B(O)O. The maximum Gasteiger partial charge on any atom is 0.475 e. The minimum Gasteiger partial charge on any atom is -0.426 e. The highest BCUT2D eigenvalue weighted by molar-refractivity contribution is 6.43. The minimum absolute atomic E-state index is 0.0981. The van der Waals surface area contributed by atoms with Gasteiger partial charge >= 0.3 is 7.12 Å². The molecule has 1 unspecified atom stereocenters. The molecule has 10 heteroatoms. The summed E-state index contributed by atoms with van der Waals surface area (Å²) in [7, 11) is -1.76. The van der Waals surface area contributed by atoms with Crippen LogP contribution in [-0.2, 0) is 9.59 Å². The summed E-state index contributed by atoms with van der Waals surface area (Å²) in [6.45, 7) is 5.73. The fourth-order valence-electron chi connectivity index (χ4n) is 3.29. The fourth-order valence-corrected chi connectivity index (χ4v) is 3.29. The van der Waals surface area contributed by atoms with Crippen LogP contribution in [0.3, 0.4) is 0 Å². The Bertz CT molecular complexity index is 702. The van der Waals surface area contributed by atoms with Gasteiger partial charge in [-0.05, 0) is 49.9 Å². The van der Waals surface area contributed by atoms with Gasteiger partial charge in [0.2, 0.25) is 11.8 Å². The summed E-state index contributed by atoms with van der Waals surface area (Å²) in [6.07, 6.45) is -0.304. The van der Waals surface area contributed by atoms with Crippen molar-refractivity contribution in [3.05, 3.63) is 30.1 Å². The van der Waals surface area contributed by atoms with E-state index in [1.54, 1.807) is 17.0 Å². The van der Waals surface area contributed by atoms with E-state index in [-0.39, 0.29) is 11.7 Å². The average molecular weight is 409 g/mol. The molecule has 1 aromatic carbocycles. The molecule has 0 aromatic heterocycles. The molecule has 0 aliphatic carbocycles. The van der Waals surface area contributed by atoms with E-state index in [1.165, 1.54) is 19.1 Å². The number of aliphatic hydroxyl groups is 1. The molecule has 1 fully saturated rings. The van der Waals surface area contributed by atoms with Crippen LogP contribution in [0.4, 0.5) is 10.1 Å². The van der Waals surface area contributed by atoms with Gasteiger partial charge in [0.25, 0.3) is 0 Å². The average Bonchev–Trinajstić information content (AvgIpc) is 2.59. The molecule has 1 saturated heterocycles. The first kappa shape index (κ1) is 23.1. The fraction of sp³-hybridized carbons (Fsp3) is 0.579. The van der Waals surface area contributed by atoms with Crippen molar-refractivity contribution in [1.29, 1.82) is 0 Å². The Kier molecular flexibility index (Phi) is 8.00. The molecule has 8 nitrogen and oxygen atoms in total. The highest BCUT2D eigenvalue weighted by atomic mass is 19.1. The van der Waals surface area contributed by atoms with E-state index in [1.807, 2.05) is 13.8 Å². The van der Waals surface area contributed by atoms with Gasteiger partial charge < -0.3 is 30.7 Å². The molecule has 0 radical (unpaired) electrons. The molecule has 1 aliphatic heterocycles. The number of carbonyl (C=O) groups is 2. The lowest BCUT2D eigenvalue weighted by Crippen LogP contribution is -2.62. The van der Waals surface area contributed by atoms with Crippen molar-refractivity contribution in [1.82, 2.24) is 10.6 Å². The van der Waals surface area contributed by atoms with Crippen molar-refractivity contribution in [3.8, 4) is 0 Å². The maximum atomic E-state index is 13.1.